The molecule has 1 aromatic carbocycles. The molecule has 26 heavy (non-hydrogen) atoms. The fourth-order valence-electron chi connectivity index (χ4n) is 2.03. The van der Waals surface area contributed by atoms with Gasteiger partial charge in [0.2, 0.25) is 11.8 Å². The Morgan fingerprint density at radius 3 is 2.35 bits per heavy atom. The zero-order valence-corrected chi connectivity index (χ0v) is 15.6. The maximum atomic E-state index is 11.9. The zero-order valence-electron chi connectivity index (χ0n) is 14.0. The Kier molecular flexibility index (Phi) is 7.24. The molecule has 8 nitrogen and oxygen atoms in total. The number of nitrogens with zero attached hydrogens (tertiary/aromatic N) is 2. The molecule has 3 N–H and O–H groups in total. The maximum absolute atomic E-state index is 11.9. The number of pyridine rings is 1. The third-order valence-electron chi connectivity index (χ3n) is 3.11. The smallest absolute Gasteiger partial charge is 0.310 e. The Morgan fingerprint density at radius 2 is 1.69 bits per heavy atom. The van der Waals surface area contributed by atoms with Gasteiger partial charge in [0.25, 0.3) is 0 Å². The minimum Gasteiger partial charge on any atom is -0.310 e. The van der Waals surface area contributed by atoms with E-state index in [2.05, 4.69) is 36.9 Å². The zero-order chi connectivity index (χ0) is 18.9. The molecule has 0 aliphatic carbocycles. The molecule has 0 atom stereocenters. The Morgan fingerprint density at radius 1 is 1.00 bits per heavy atom. The number of aromatic nitrogens is 1. The standard InChI is InChI=1S/C17H18BrN5O3/c1-23(10-15(24)21-14-8-7-12(18)9-19-14)11-16(25)22-17(26)20-13-5-3-2-4-6-13/h2-9H,10-11H2,1H3,(H,19,21,24)(H2,20,22,25,26). The molecule has 2 rings (SSSR count). The highest BCUT2D eigenvalue weighted by molar-refractivity contribution is 9.10. The normalized spacial score (nSPS) is 10.3. The maximum Gasteiger partial charge on any atom is 0.325 e. The van der Waals surface area contributed by atoms with E-state index in [0.29, 0.717) is 11.5 Å². The summed E-state index contributed by atoms with van der Waals surface area (Å²) in [6, 6.07) is 11.5. The largest absolute Gasteiger partial charge is 0.325 e. The monoisotopic (exact) mass is 419 g/mol. The fraction of sp³-hybridized carbons (Fsp3) is 0.176. The molecule has 0 radical (unpaired) electrons. The molecule has 0 saturated carbocycles. The summed E-state index contributed by atoms with van der Waals surface area (Å²) in [7, 11) is 1.60. The molecule has 0 aliphatic heterocycles. The van der Waals surface area contributed by atoms with E-state index in [1.807, 2.05) is 6.07 Å². The molecule has 0 bridgehead atoms. The van der Waals surface area contributed by atoms with Crippen molar-refractivity contribution in [3.63, 3.8) is 0 Å². The number of hydrogen-bond donors (Lipinski definition) is 3. The van der Waals surface area contributed by atoms with Crippen LogP contribution in [0.15, 0.2) is 53.1 Å². The quantitative estimate of drug-likeness (QED) is 0.664. The Bertz CT molecular complexity index is 768. The van der Waals surface area contributed by atoms with E-state index < -0.39 is 11.9 Å². The van der Waals surface area contributed by atoms with Crippen LogP contribution in [0.3, 0.4) is 0 Å². The highest BCUT2D eigenvalue weighted by Crippen LogP contribution is 2.10. The van der Waals surface area contributed by atoms with Crippen molar-refractivity contribution in [3.05, 3.63) is 53.1 Å². The van der Waals surface area contributed by atoms with E-state index >= 15 is 0 Å². The predicted octanol–water partition coefficient (Wildman–Crippen LogP) is 2.06. The van der Waals surface area contributed by atoms with Crippen LogP contribution in [0.5, 0.6) is 0 Å². The van der Waals surface area contributed by atoms with Crippen LogP contribution < -0.4 is 16.0 Å². The number of halogens is 1. The summed E-state index contributed by atoms with van der Waals surface area (Å²) < 4.78 is 0.804. The van der Waals surface area contributed by atoms with Gasteiger partial charge in [0, 0.05) is 16.4 Å². The number of carbonyl (C=O) groups is 3. The summed E-state index contributed by atoms with van der Waals surface area (Å²) in [5, 5.41) is 7.38. The van der Waals surface area contributed by atoms with Crippen molar-refractivity contribution in [2.75, 3.05) is 30.8 Å². The first kappa shape index (κ1) is 19.5. The second-order valence-electron chi connectivity index (χ2n) is 5.45. The van der Waals surface area contributed by atoms with Crippen molar-refractivity contribution in [1.82, 2.24) is 15.2 Å². The van der Waals surface area contributed by atoms with Crippen molar-refractivity contribution >= 4 is 45.3 Å². The minimum atomic E-state index is -0.627. The van der Waals surface area contributed by atoms with E-state index in [9.17, 15) is 14.4 Å². The molecule has 1 aromatic heterocycles. The molecular formula is C17H18BrN5O3. The molecule has 0 saturated heterocycles. The molecule has 4 amide bonds. The number of urea groups is 1. The molecule has 9 heteroatoms. The Labute approximate surface area is 159 Å². The van der Waals surface area contributed by atoms with Crippen LogP contribution in [0.1, 0.15) is 0 Å². The van der Waals surface area contributed by atoms with E-state index in [0.717, 1.165) is 4.47 Å². The second kappa shape index (κ2) is 9.64. The summed E-state index contributed by atoms with van der Waals surface area (Å²) in [6.45, 7) is -0.130. The van der Waals surface area contributed by atoms with Gasteiger partial charge in [-0.2, -0.15) is 0 Å². The molecule has 1 heterocycles. The lowest BCUT2D eigenvalue weighted by Gasteiger charge is -2.15. The average molecular weight is 420 g/mol. The summed E-state index contributed by atoms with van der Waals surface area (Å²) in [5.74, 6) is -0.419. The van der Waals surface area contributed by atoms with Gasteiger partial charge in [-0.25, -0.2) is 9.78 Å². The van der Waals surface area contributed by atoms with Crippen molar-refractivity contribution in [1.29, 1.82) is 0 Å². The van der Waals surface area contributed by atoms with Crippen molar-refractivity contribution in [3.8, 4) is 0 Å². The number of likely N-dealkylation sites (N-methyl/N-ethyl adjacent to an activating group) is 1. The first-order valence-corrected chi connectivity index (χ1v) is 8.47. The number of benzene rings is 1. The lowest BCUT2D eigenvalue weighted by atomic mass is 10.3. The number of amides is 4. The molecular weight excluding hydrogens is 402 g/mol. The third-order valence-corrected chi connectivity index (χ3v) is 3.58. The summed E-state index contributed by atoms with van der Waals surface area (Å²) in [4.78, 5) is 41.1. The van der Waals surface area contributed by atoms with Gasteiger partial charge in [-0.1, -0.05) is 18.2 Å². The van der Waals surface area contributed by atoms with Crippen molar-refractivity contribution in [2.24, 2.45) is 0 Å². The fourth-order valence-corrected chi connectivity index (χ4v) is 2.26. The van der Waals surface area contributed by atoms with Gasteiger partial charge in [0.1, 0.15) is 5.82 Å². The van der Waals surface area contributed by atoms with Gasteiger partial charge >= 0.3 is 6.03 Å². The first-order chi connectivity index (χ1) is 12.4. The Balaban J connectivity index is 1.73. The number of para-hydroxylation sites is 1. The lowest BCUT2D eigenvalue weighted by molar-refractivity contribution is -0.122. The summed E-state index contributed by atoms with van der Waals surface area (Å²) >= 11 is 3.26. The van der Waals surface area contributed by atoms with E-state index in [4.69, 9.17) is 0 Å². The molecule has 0 aliphatic rings. The van der Waals surface area contributed by atoms with E-state index in [-0.39, 0.29) is 19.0 Å². The second-order valence-corrected chi connectivity index (χ2v) is 6.37. The van der Waals surface area contributed by atoms with Crippen LogP contribution in [0.4, 0.5) is 16.3 Å². The van der Waals surface area contributed by atoms with Crippen LogP contribution in [0.2, 0.25) is 0 Å². The summed E-state index contributed by atoms with van der Waals surface area (Å²) in [6.07, 6.45) is 1.57. The average Bonchev–Trinajstić information content (AvgIpc) is 2.57. The minimum absolute atomic E-state index is 0.0224. The topological polar surface area (TPSA) is 103 Å². The van der Waals surface area contributed by atoms with Crippen LogP contribution in [0.25, 0.3) is 0 Å². The van der Waals surface area contributed by atoms with Crippen LogP contribution in [-0.2, 0) is 9.59 Å². The van der Waals surface area contributed by atoms with Gasteiger partial charge in [-0.15, -0.1) is 0 Å². The Hall–Kier alpha value is -2.78. The highest BCUT2D eigenvalue weighted by Gasteiger charge is 2.13. The summed E-state index contributed by atoms with van der Waals surface area (Å²) in [5.41, 5.74) is 0.576. The van der Waals surface area contributed by atoms with Gasteiger partial charge in [-0.05, 0) is 47.2 Å². The van der Waals surface area contributed by atoms with Crippen LogP contribution in [-0.4, -0.2) is 47.9 Å². The molecule has 2 aromatic rings. The van der Waals surface area contributed by atoms with E-state index in [1.165, 1.54) is 4.90 Å². The van der Waals surface area contributed by atoms with Crippen molar-refractivity contribution < 1.29 is 14.4 Å². The van der Waals surface area contributed by atoms with Crippen LogP contribution >= 0.6 is 15.9 Å². The number of imide groups is 1. The number of anilines is 2. The molecule has 0 fully saturated rings. The number of nitrogens with one attached hydrogen (secondary N) is 3. The van der Waals surface area contributed by atoms with Crippen molar-refractivity contribution in [2.45, 2.75) is 0 Å². The predicted molar refractivity (Wildman–Crippen MR) is 102 cm³/mol. The van der Waals surface area contributed by atoms with Gasteiger partial charge in [0.15, 0.2) is 0 Å². The van der Waals surface area contributed by atoms with Gasteiger partial charge in [-0.3, -0.25) is 19.8 Å². The van der Waals surface area contributed by atoms with Gasteiger partial charge < -0.3 is 10.6 Å². The van der Waals surface area contributed by atoms with E-state index in [1.54, 1.807) is 49.6 Å². The SMILES string of the molecule is CN(CC(=O)NC(=O)Nc1ccccc1)CC(=O)Nc1ccc(Br)cn1. The molecule has 0 spiro atoms. The van der Waals surface area contributed by atoms with Gasteiger partial charge in [0.05, 0.1) is 13.1 Å². The number of carbonyl (C=O) groups excluding carboxylic acids is 3. The molecule has 136 valence electrons. The highest BCUT2D eigenvalue weighted by atomic mass is 79.9. The number of hydrogen-bond acceptors (Lipinski definition) is 5. The van der Waals surface area contributed by atoms with Crippen LogP contribution in [0, 0.1) is 0 Å². The third kappa shape index (κ3) is 6.99. The number of rotatable bonds is 6. The lowest BCUT2D eigenvalue weighted by Crippen LogP contribution is -2.42. The molecule has 0 unspecified atom stereocenters. The first-order valence-electron chi connectivity index (χ1n) is 7.68.